The van der Waals surface area contributed by atoms with Gasteiger partial charge < -0.3 is 20.3 Å². The molecule has 1 atom stereocenters. The van der Waals surface area contributed by atoms with E-state index in [0.29, 0.717) is 32.2 Å². The Bertz CT molecular complexity index is 360. The third-order valence-corrected chi connectivity index (χ3v) is 4.80. The second-order valence-corrected chi connectivity index (χ2v) is 6.02. The van der Waals surface area contributed by atoms with Crippen molar-refractivity contribution in [1.29, 1.82) is 0 Å². The monoisotopic (exact) mass is 270 g/mol. The average Bonchev–Trinajstić information content (AvgIpc) is 2.99. The summed E-state index contributed by atoms with van der Waals surface area (Å²) in [6.07, 6.45) is 4.33. The van der Waals surface area contributed by atoms with Crippen LogP contribution in [-0.2, 0) is 14.3 Å². The molecule has 1 unspecified atom stereocenters. The third-order valence-electron chi connectivity index (χ3n) is 4.80. The van der Waals surface area contributed by atoms with Crippen LogP contribution in [0.4, 0.5) is 0 Å². The molecule has 1 spiro atoms. The van der Waals surface area contributed by atoms with Gasteiger partial charge in [0.05, 0.1) is 13.2 Å². The highest BCUT2D eigenvalue weighted by Crippen LogP contribution is 2.38. The van der Waals surface area contributed by atoms with Crippen molar-refractivity contribution in [2.45, 2.75) is 49.5 Å². The van der Waals surface area contributed by atoms with Crippen LogP contribution in [0.15, 0.2) is 0 Å². The number of nitrogens with zero attached hydrogens (tertiary/aromatic N) is 1. The predicted octanol–water partition coefficient (Wildman–Crippen LogP) is 0.160. The van der Waals surface area contributed by atoms with Crippen molar-refractivity contribution in [3.63, 3.8) is 0 Å². The zero-order chi connectivity index (χ0) is 13.5. The molecule has 0 aromatic rings. The van der Waals surface area contributed by atoms with Crippen LogP contribution < -0.4 is 5.73 Å². The summed E-state index contributed by atoms with van der Waals surface area (Å²) in [5.74, 6) is -1.23. The summed E-state index contributed by atoms with van der Waals surface area (Å²) in [7, 11) is 0. The van der Waals surface area contributed by atoms with Gasteiger partial charge in [-0.15, -0.1) is 0 Å². The van der Waals surface area contributed by atoms with E-state index in [1.807, 2.05) is 0 Å². The maximum atomic E-state index is 11.2. The maximum absolute atomic E-state index is 11.2. The van der Waals surface area contributed by atoms with Crippen LogP contribution in [0.2, 0.25) is 0 Å². The Labute approximate surface area is 112 Å². The summed E-state index contributed by atoms with van der Waals surface area (Å²) in [5, 5.41) is 9.16. The van der Waals surface area contributed by atoms with Gasteiger partial charge >= 0.3 is 5.97 Å². The molecule has 19 heavy (non-hydrogen) atoms. The number of hydrogen-bond acceptors (Lipinski definition) is 5. The van der Waals surface area contributed by atoms with E-state index in [2.05, 4.69) is 4.90 Å². The average molecular weight is 270 g/mol. The summed E-state index contributed by atoms with van der Waals surface area (Å²) in [6.45, 7) is 2.63. The van der Waals surface area contributed by atoms with Crippen LogP contribution in [0.3, 0.4) is 0 Å². The lowest BCUT2D eigenvalue weighted by molar-refractivity contribution is -0.183. The van der Waals surface area contributed by atoms with Gasteiger partial charge in [-0.3, -0.25) is 9.69 Å². The lowest BCUT2D eigenvalue weighted by Crippen LogP contribution is -2.52. The van der Waals surface area contributed by atoms with Gasteiger partial charge in [0.25, 0.3) is 0 Å². The van der Waals surface area contributed by atoms with E-state index >= 15 is 0 Å². The van der Waals surface area contributed by atoms with Crippen LogP contribution in [0.1, 0.15) is 32.1 Å². The number of rotatable bonds is 2. The molecule has 1 aliphatic carbocycles. The molecule has 0 bridgehead atoms. The van der Waals surface area contributed by atoms with Crippen LogP contribution >= 0.6 is 0 Å². The number of ether oxygens (including phenoxy) is 2. The Morgan fingerprint density at radius 3 is 2.37 bits per heavy atom. The molecule has 2 aliphatic heterocycles. The fraction of sp³-hybridized carbons (Fsp3) is 0.923. The number of aliphatic carboxylic acids is 1. The maximum Gasteiger partial charge on any atom is 0.325 e. The predicted molar refractivity (Wildman–Crippen MR) is 67.6 cm³/mol. The zero-order valence-corrected chi connectivity index (χ0v) is 11.1. The van der Waals surface area contributed by atoms with Crippen molar-refractivity contribution in [3.05, 3.63) is 0 Å². The first-order valence-electron chi connectivity index (χ1n) is 7.07. The van der Waals surface area contributed by atoms with Crippen LogP contribution in [0.25, 0.3) is 0 Å². The molecule has 2 saturated heterocycles. The first kappa shape index (κ1) is 13.3. The van der Waals surface area contributed by atoms with Gasteiger partial charge in [0, 0.05) is 32.0 Å². The van der Waals surface area contributed by atoms with E-state index in [0.717, 1.165) is 32.2 Å². The summed E-state index contributed by atoms with van der Waals surface area (Å²) in [6, 6.07) is 0.420. The zero-order valence-electron chi connectivity index (χ0n) is 11.1. The molecular weight excluding hydrogens is 248 g/mol. The van der Waals surface area contributed by atoms with Crippen molar-refractivity contribution < 1.29 is 19.4 Å². The van der Waals surface area contributed by atoms with E-state index in [-0.39, 0.29) is 5.79 Å². The van der Waals surface area contributed by atoms with Crippen LogP contribution in [0.5, 0.6) is 0 Å². The molecule has 0 aromatic heterocycles. The quantitative estimate of drug-likeness (QED) is 0.743. The van der Waals surface area contributed by atoms with Crippen molar-refractivity contribution in [1.82, 2.24) is 4.90 Å². The van der Waals surface area contributed by atoms with Gasteiger partial charge in [0.2, 0.25) is 0 Å². The molecule has 6 nitrogen and oxygen atoms in total. The number of hydrogen-bond donors (Lipinski definition) is 2. The van der Waals surface area contributed by atoms with Gasteiger partial charge in [-0.05, 0) is 19.3 Å². The molecule has 3 fully saturated rings. The van der Waals surface area contributed by atoms with E-state index in [4.69, 9.17) is 20.3 Å². The summed E-state index contributed by atoms with van der Waals surface area (Å²) >= 11 is 0. The molecule has 0 amide bonds. The fourth-order valence-electron chi connectivity index (χ4n) is 3.54. The second-order valence-electron chi connectivity index (χ2n) is 6.02. The van der Waals surface area contributed by atoms with Crippen molar-refractivity contribution >= 4 is 5.97 Å². The van der Waals surface area contributed by atoms with Crippen molar-refractivity contribution in [2.24, 2.45) is 5.73 Å². The smallest absolute Gasteiger partial charge is 0.325 e. The minimum Gasteiger partial charge on any atom is -0.480 e. The summed E-state index contributed by atoms with van der Waals surface area (Å²) < 4.78 is 11.4. The molecule has 0 aromatic carbocycles. The largest absolute Gasteiger partial charge is 0.480 e. The number of carboxylic acids is 1. The number of likely N-dealkylation sites (tertiary alicyclic amines) is 1. The van der Waals surface area contributed by atoms with Crippen molar-refractivity contribution in [3.8, 4) is 0 Å². The Morgan fingerprint density at radius 2 is 1.84 bits per heavy atom. The minimum absolute atomic E-state index is 0.344. The normalized spacial score (nSPS) is 36.1. The fourth-order valence-corrected chi connectivity index (χ4v) is 3.54. The first-order chi connectivity index (χ1) is 9.03. The van der Waals surface area contributed by atoms with Gasteiger partial charge in [0.1, 0.15) is 5.54 Å². The molecular formula is C13H22N2O4. The Hall–Kier alpha value is -0.690. The number of carboxylic acid groups (broad SMARTS) is 1. The molecule has 2 heterocycles. The summed E-state index contributed by atoms with van der Waals surface area (Å²) in [5.41, 5.74) is 4.86. The lowest BCUT2D eigenvalue weighted by Gasteiger charge is -2.39. The molecule has 6 heteroatoms. The molecule has 3 aliphatic rings. The Balaban J connectivity index is 1.56. The molecule has 0 radical (unpaired) electrons. The topological polar surface area (TPSA) is 85.0 Å². The SMILES string of the molecule is NC1(C(=O)O)CCN(C2CCC3(CC2)OCCO3)C1. The summed E-state index contributed by atoms with van der Waals surface area (Å²) in [4.78, 5) is 13.4. The number of carbonyl (C=O) groups is 1. The van der Waals surface area contributed by atoms with Gasteiger partial charge in [-0.1, -0.05) is 0 Å². The lowest BCUT2D eigenvalue weighted by atomic mass is 9.89. The Morgan fingerprint density at radius 1 is 1.21 bits per heavy atom. The minimum atomic E-state index is -1.06. The van der Waals surface area contributed by atoms with Crippen molar-refractivity contribution in [2.75, 3.05) is 26.3 Å². The van der Waals surface area contributed by atoms with Gasteiger partial charge in [-0.25, -0.2) is 0 Å². The van der Waals surface area contributed by atoms with E-state index < -0.39 is 11.5 Å². The molecule has 108 valence electrons. The molecule has 3 N–H and O–H groups in total. The standard InChI is InChI=1S/C13H22N2O4/c14-12(11(16)17)5-6-15(9-12)10-1-3-13(4-2-10)18-7-8-19-13/h10H,1-9,14H2,(H,16,17). The highest BCUT2D eigenvalue weighted by atomic mass is 16.7. The van der Waals surface area contributed by atoms with E-state index in [1.165, 1.54) is 0 Å². The molecule has 1 saturated carbocycles. The highest BCUT2D eigenvalue weighted by Gasteiger charge is 2.46. The molecule has 3 rings (SSSR count). The number of nitrogens with two attached hydrogens (primary N) is 1. The van der Waals surface area contributed by atoms with Crippen LogP contribution in [-0.4, -0.2) is 59.6 Å². The second kappa shape index (κ2) is 4.70. The Kier molecular flexibility index (Phi) is 3.29. The third kappa shape index (κ3) is 2.38. The van der Waals surface area contributed by atoms with E-state index in [1.54, 1.807) is 0 Å². The van der Waals surface area contributed by atoms with Crippen LogP contribution in [0, 0.1) is 0 Å². The van der Waals surface area contributed by atoms with Gasteiger partial charge in [0.15, 0.2) is 5.79 Å². The first-order valence-corrected chi connectivity index (χ1v) is 7.07. The van der Waals surface area contributed by atoms with E-state index in [9.17, 15) is 4.79 Å². The van der Waals surface area contributed by atoms with Gasteiger partial charge in [-0.2, -0.15) is 0 Å². The highest BCUT2D eigenvalue weighted by molar-refractivity contribution is 5.79.